The maximum atomic E-state index is 7.71. The minimum Gasteiger partial charge on any atom is -0.497 e. The Kier molecular flexibility index (Phi) is 7.52. The van der Waals surface area contributed by atoms with Crippen molar-refractivity contribution in [3.8, 4) is 28.4 Å². The van der Waals surface area contributed by atoms with Gasteiger partial charge in [-0.2, -0.15) is 4.98 Å². The molecule has 35 heavy (non-hydrogen) atoms. The number of likely N-dealkylation sites (tertiary alicyclic amines) is 1. The minimum atomic E-state index is 0. The van der Waals surface area contributed by atoms with Gasteiger partial charge in [-0.3, -0.25) is 5.41 Å². The van der Waals surface area contributed by atoms with Crippen LogP contribution in [0.5, 0.6) is 5.75 Å². The van der Waals surface area contributed by atoms with Crippen LogP contribution in [0.4, 0.5) is 10.8 Å². The molecule has 1 aliphatic heterocycles. The SMILES string of the molecule is COc1ccc(-c2csc(Nc3ccc(-c4noc(C[C@@H]5CCCN5C(=N)N)n4)cc3)n2)cc1.Cl. The molecule has 4 N–H and O–H groups in total. The molecular weight excluding hydrogens is 486 g/mol. The first kappa shape index (κ1) is 24.5. The lowest BCUT2D eigenvalue weighted by Crippen LogP contribution is -2.41. The van der Waals surface area contributed by atoms with Gasteiger partial charge in [0, 0.05) is 41.2 Å². The first-order chi connectivity index (χ1) is 16.6. The van der Waals surface area contributed by atoms with Crippen molar-refractivity contribution in [1.29, 1.82) is 5.41 Å². The Balaban J connectivity index is 0.00000289. The molecule has 0 bridgehead atoms. The molecule has 0 unspecified atom stereocenters. The van der Waals surface area contributed by atoms with E-state index in [4.69, 9.17) is 20.4 Å². The molecule has 182 valence electrons. The largest absolute Gasteiger partial charge is 0.497 e. The fourth-order valence-electron chi connectivity index (χ4n) is 4.07. The summed E-state index contributed by atoms with van der Waals surface area (Å²) in [6.45, 7) is 0.802. The van der Waals surface area contributed by atoms with Crippen LogP contribution >= 0.6 is 23.7 Å². The second kappa shape index (κ2) is 10.7. The Morgan fingerprint density at radius 2 is 1.91 bits per heavy atom. The smallest absolute Gasteiger partial charge is 0.229 e. The van der Waals surface area contributed by atoms with E-state index in [9.17, 15) is 0 Å². The van der Waals surface area contributed by atoms with E-state index in [-0.39, 0.29) is 24.4 Å². The number of methoxy groups -OCH3 is 1. The molecule has 0 aliphatic carbocycles. The van der Waals surface area contributed by atoms with Gasteiger partial charge in [0.1, 0.15) is 5.75 Å². The van der Waals surface area contributed by atoms with Crippen LogP contribution in [-0.4, -0.2) is 45.7 Å². The second-order valence-electron chi connectivity index (χ2n) is 8.06. The third-order valence-corrected chi connectivity index (χ3v) is 6.61. The third kappa shape index (κ3) is 5.55. The van der Waals surface area contributed by atoms with Crippen LogP contribution in [0.2, 0.25) is 0 Å². The average molecular weight is 512 g/mol. The second-order valence-corrected chi connectivity index (χ2v) is 8.92. The standard InChI is InChI=1S/C24H25N7O2S.ClH/c1-32-19-10-6-15(7-11-19)20-14-34-24(28-20)27-17-8-4-16(5-9-17)22-29-21(33-30-22)13-18-3-2-12-31(18)23(25)26;/h4-11,14,18H,2-3,12-13H2,1H3,(H3,25,26)(H,27,28);1H/t18-;/m0./s1. The van der Waals surface area contributed by atoms with Crippen LogP contribution in [0.15, 0.2) is 58.4 Å². The molecule has 2 aromatic heterocycles. The molecule has 1 aliphatic rings. The van der Waals surface area contributed by atoms with Gasteiger partial charge in [-0.25, -0.2) is 4.98 Å². The van der Waals surface area contributed by atoms with E-state index in [0.29, 0.717) is 18.1 Å². The molecule has 4 aromatic rings. The first-order valence-corrected chi connectivity index (χ1v) is 11.9. The number of anilines is 2. The van der Waals surface area contributed by atoms with Crippen LogP contribution in [0, 0.1) is 5.41 Å². The van der Waals surface area contributed by atoms with Gasteiger partial charge < -0.3 is 25.2 Å². The number of halogens is 1. The molecule has 1 atom stereocenters. The maximum Gasteiger partial charge on any atom is 0.229 e. The number of hydrogen-bond acceptors (Lipinski definition) is 8. The molecule has 1 saturated heterocycles. The quantitative estimate of drug-likeness (QED) is 0.235. The lowest BCUT2D eigenvalue weighted by Gasteiger charge is -2.23. The lowest BCUT2D eigenvalue weighted by molar-refractivity contribution is 0.320. The molecular formula is C24H26ClN7O2S. The first-order valence-electron chi connectivity index (χ1n) is 11.0. The number of nitrogens with one attached hydrogen (secondary N) is 2. The topological polar surface area (TPSA) is 126 Å². The Labute approximate surface area is 213 Å². The number of benzene rings is 2. The van der Waals surface area contributed by atoms with Crippen molar-refractivity contribution in [3.63, 3.8) is 0 Å². The van der Waals surface area contributed by atoms with Crippen molar-refractivity contribution in [1.82, 2.24) is 20.0 Å². The van der Waals surface area contributed by atoms with E-state index in [2.05, 4.69) is 20.4 Å². The summed E-state index contributed by atoms with van der Waals surface area (Å²) in [5.41, 5.74) is 9.42. The van der Waals surface area contributed by atoms with Gasteiger partial charge in [0.05, 0.1) is 12.8 Å². The molecule has 5 rings (SSSR count). The van der Waals surface area contributed by atoms with E-state index in [1.807, 2.05) is 58.8 Å². The summed E-state index contributed by atoms with van der Waals surface area (Å²) in [5.74, 6) is 2.03. The molecule has 2 aromatic carbocycles. The molecule has 0 saturated carbocycles. The molecule has 1 fully saturated rings. The average Bonchev–Trinajstić information content (AvgIpc) is 3.61. The summed E-state index contributed by atoms with van der Waals surface area (Å²) in [7, 11) is 1.66. The van der Waals surface area contributed by atoms with E-state index < -0.39 is 0 Å². The molecule has 0 radical (unpaired) electrons. The third-order valence-electron chi connectivity index (χ3n) is 5.85. The van der Waals surface area contributed by atoms with Crippen molar-refractivity contribution in [3.05, 3.63) is 59.8 Å². The summed E-state index contributed by atoms with van der Waals surface area (Å²) in [6, 6.07) is 15.8. The van der Waals surface area contributed by atoms with Gasteiger partial charge in [0.2, 0.25) is 11.7 Å². The number of nitrogens with two attached hydrogens (primary N) is 1. The summed E-state index contributed by atoms with van der Waals surface area (Å²) >= 11 is 1.55. The van der Waals surface area contributed by atoms with Gasteiger partial charge in [-0.05, 0) is 61.4 Å². The number of nitrogens with zero attached hydrogens (tertiary/aromatic N) is 4. The number of ether oxygens (including phenoxy) is 1. The monoisotopic (exact) mass is 511 g/mol. The van der Waals surface area contributed by atoms with Crippen LogP contribution < -0.4 is 15.8 Å². The highest BCUT2D eigenvalue weighted by Crippen LogP contribution is 2.29. The highest BCUT2D eigenvalue weighted by Gasteiger charge is 2.27. The highest BCUT2D eigenvalue weighted by molar-refractivity contribution is 7.14. The van der Waals surface area contributed by atoms with Gasteiger partial charge in [0.25, 0.3) is 0 Å². The van der Waals surface area contributed by atoms with Gasteiger partial charge in [-0.1, -0.05) is 5.16 Å². The Bertz CT molecular complexity index is 1270. The number of thiazole rings is 1. The Morgan fingerprint density at radius 3 is 2.63 bits per heavy atom. The summed E-state index contributed by atoms with van der Waals surface area (Å²) in [5, 5.41) is 18.0. The van der Waals surface area contributed by atoms with Crippen molar-refractivity contribution in [2.45, 2.75) is 25.3 Å². The van der Waals surface area contributed by atoms with E-state index in [1.165, 1.54) is 0 Å². The van der Waals surface area contributed by atoms with Gasteiger partial charge >= 0.3 is 0 Å². The molecule has 9 nitrogen and oxygen atoms in total. The van der Waals surface area contributed by atoms with Crippen molar-refractivity contribution >= 4 is 40.5 Å². The minimum absolute atomic E-state index is 0. The summed E-state index contributed by atoms with van der Waals surface area (Å²) < 4.78 is 10.7. The fourth-order valence-corrected chi connectivity index (χ4v) is 4.81. The van der Waals surface area contributed by atoms with Crippen molar-refractivity contribution in [2.75, 3.05) is 19.0 Å². The van der Waals surface area contributed by atoms with Crippen molar-refractivity contribution in [2.24, 2.45) is 5.73 Å². The number of rotatable bonds is 7. The molecule has 0 amide bonds. The van der Waals surface area contributed by atoms with E-state index in [1.54, 1.807) is 18.4 Å². The number of hydrogen-bond donors (Lipinski definition) is 3. The zero-order valence-electron chi connectivity index (χ0n) is 19.1. The summed E-state index contributed by atoms with van der Waals surface area (Å²) in [4.78, 5) is 11.1. The summed E-state index contributed by atoms with van der Waals surface area (Å²) in [6.07, 6.45) is 2.57. The normalized spacial score (nSPS) is 15.0. The Hall–Kier alpha value is -3.63. The van der Waals surface area contributed by atoms with Crippen LogP contribution in [0.25, 0.3) is 22.6 Å². The van der Waals surface area contributed by atoms with E-state index in [0.717, 1.165) is 52.8 Å². The zero-order valence-corrected chi connectivity index (χ0v) is 20.7. The van der Waals surface area contributed by atoms with Gasteiger partial charge in [0.15, 0.2) is 11.1 Å². The highest BCUT2D eigenvalue weighted by atomic mass is 35.5. The lowest BCUT2D eigenvalue weighted by atomic mass is 10.1. The van der Waals surface area contributed by atoms with E-state index >= 15 is 0 Å². The van der Waals surface area contributed by atoms with Gasteiger partial charge in [-0.15, -0.1) is 23.7 Å². The van der Waals surface area contributed by atoms with Crippen LogP contribution in [0.3, 0.4) is 0 Å². The predicted molar refractivity (Wildman–Crippen MR) is 140 cm³/mol. The van der Waals surface area contributed by atoms with Crippen LogP contribution in [0.1, 0.15) is 18.7 Å². The van der Waals surface area contributed by atoms with Crippen molar-refractivity contribution < 1.29 is 9.26 Å². The molecule has 3 heterocycles. The molecule has 11 heteroatoms. The Morgan fingerprint density at radius 1 is 1.17 bits per heavy atom. The predicted octanol–water partition coefficient (Wildman–Crippen LogP) is 4.93. The zero-order chi connectivity index (χ0) is 23.5. The fraction of sp³-hybridized carbons (Fsp3) is 0.250. The number of guanidine groups is 1. The van der Waals surface area contributed by atoms with Crippen LogP contribution in [-0.2, 0) is 6.42 Å². The number of aromatic nitrogens is 3. The molecule has 0 spiro atoms. The maximum absolute atomic E-state index is 7.71.